The first-order chi connectivity index (χ1) is 14.5. The van der Waals surface area contributed by atoms with Crippen molar-refractivity contribution < 1.29 is 19.2 Å². The van der Waals surface area contributed by atoms with Crippen molar-refractivity contribution in [1.29, 1.82) is 0 Å². The van der Waals surface area contributed by atoms with Gasteiger partial charge in [-0.25, -0.2) is 0 Å². The maximum Gasteiger partial charge on any atom is 0.311 e. The van der Waals surface area contributed by atoms with Crippen molar-refractivity contribution >= 4 is 11.6 Å². The maximum atomic E-state index is 12.9. The lowest BCUT2D eigenvalue weighted by atomic mass is 9.98. The van der Waals surface area contributed by atoms with Crippen molar-refractivity contribution in [2.45, 2.75) is 13.0 Å². The number of nitrogens with zero attached hydrogens (tertiary/aromatic N) is 1. The van der Waals surface area contributed by atoms with Crippen LogP contribution in [0.5, 0.6) is 11.5 Å². The quantitative estimate of drug-likeness (QED) is 0.439. The number of carbonyl (C=O) groups is 1. The first-order valence-electron chi connectivity index (χ1n) is 9.44. The molecule has 1 unspecified atom stereocenters. The lowest BCUT2D eigenvalue weighted by molar-refractivity contribution is -0.385. The van der Waals surface area contributed by atoms with Crippen LogP contribution in [0.2, 0.25) is 0 Å². The van der Waals surface area contributed by atoms with E-state index in [-0.39, 0.29) is 17.0 Å². The monoisotopic (exact) mass is 406 g/mol. The molecule has 0 aliphatic rings. The molecule has 0 radical (unpaired) electrons. The summed E-state index contributed by atoms with van der Waals surface area (Å²) in [5.41, 5.74) is 1.66. The van der Waals surface area contributed by atoms with Gasteiger partial charge in [0, 0.05) is 11.6 Å². The molecule has 0 saturated carbocycles. The fourth-order valence-electron chi connectivity index (χ4n) is 3.12. The lowest BCUT2D eigenvalue weighted by Crippen LogP contribution is -2.29. The number of ether oxygens (including phenoxy) is 2. The zero-order valence-electron chi connectivity index (χ0n) is 16.7. The summed E-state index contributed by atoms with van der Waals surface area (Å²) in [4.78, 5) is 23.7. The number of amides is 1. The Morgan fingerprint density at radius 1 is 1.03 bits per heavy atom. The minimum Gasteiger partial charge on any atom is -0.494 e. The van der Waals surface area contributed by atoms with Crippen molar-refractivity contribution in [3.8, 4) is 11.5 Å². The molecular formula is C23H22N2O5. The maximum absolute atomic E-state index is 12.9. The molecule has 3 aromatic carbocycles. The number of carbonyl (C=O) groups excluding carboxylic acids is 1. The number of hydrogen-bond donors (Lipinski definition) is 1. The number of nitrogens with one attached hydrogen (secondary N) is 1. The fraction of sp³-hybridized carbons (Fsp3) is 0.174. The first kappa shape index (κ1) is 20.9. The molecule has 0 fully saturated rings. The van der Waals surface area contributed by atoms with Crippen LogP contribution in [0.15, 0.2) is 72.8 Å². The van der Waals surface area contributed by atoms with Gasteiger partial charge in [-0.2, -0.15) is 0 Å². The van der Waals surface area contributed by atoms with E-state index in [0.29, 0.717) is 6.61 Å². The van der Waals surface area contributed by atoms with Gasteiger partial charge in [0.05, 0.1) is 24.7 Å². The van der Waals surface area contributed by atoms with Crippen molar-refractivity contribution in [3.63, 3.8) is 0 Å². The highest BCUT2D eigenvalue weighted by Crippen LogP contribution is 2.29. The molecule has 1 amide bonds. The van der Waals surface area contributed by atoms with Crippen molar-refractivity contribution in [3.05, 3.63) is 99.6 Å². The van der Waals surface area contributed by atoms with Gasteiger partial charge >= 0.3 is 5.69 Å². The Balaban J connectivity index is 1.92. The van der Waals surface area contributed by atoms with E-state index in [1.807, 2.05) is 61.5 Å². The molecule has 7 nitrogen and oxygen atoms in total. The molecule has 0 aromatic heterocycles. The standard InChI is InChI=1S/C23H22N2O5/c1-3-30-19-12-9-17(10-13-19)22(16-7-5-4-6-8-16)24-23(26)18-11-14-21(29-2)20(15-18)25(27)28/h4-15,22H,3H2,1-2H3,(H,24,26). The topological polar surface area (TPSA) is 90.7 Å². The van der Waals surface area contributed by atoms with E-state index in [1.165, 1.54) is 25.3 Å². The normalized spacial score (nSPS) is 11.4. The average molecular weight is 406 g/mol. The fourth-order valence-corrected chi connectivity index (χ4v) is 3.12. The molecule has 0 bridgehead atoms. The van der Waals surface area contributed by atoms with Crippen LogP contribution >= 0.6 is 0 Å². The molecule has 0 aliphatic carbocycles. The smallest absolute Gasteiger partial charge is 0.311 e. The second-order valence-corrected chi connectivity index (χ2v) is 6.46. The molecule has 3 rings (SSSR count). The molecule has 0 aliphatic heterocycles. The Labute approximate surface area is 174 Å². The SMILES string of the molecule is CCOc1ccc(C(NC(=O)c2ccc(OC)c([N+](=O)[O-])c2)c2ccccc2)cc1. The zero-order valence-corrected chi connectivity index (χ0v) is 16.7. The predicted octanol–water partition coefficient (Wildman–Crippen LogP) is 4.52. The Bertz CT molecular complexity index is 1020. The molecular weight excluding hydrogens is 384 g/mol. The highest BCUT2D eigenvalue weighted by Gasteiger charge is 2.22. The van der Waals surface area contributed by atoms with E-state index >= 15 is 0 Å². The molecule has 0 saturated heterocycles. The third kappa shape index (κ3) is 4.75. The van der Waals surface area contributed by atoms with E-state index in [0.717, 1.165) is 16.9 Å². The summed E-state index contributed by atoms with van der Waals surface area (Å²) < 4.78 is 10.5. The summed E-state index contributed by atoms with van der Waals surface area (Å²) in [5.74, 6) is 0.413. The summed E-state index contributed by atoms with van der Waals surface area (Å²) in [7, 11) is 1.35. The second kappa shape index (κ2) is 9.56. The number of nitro groups is 1. The summed E-state index contributed by atoms with van der Waals surface area (Å²) in [6.45, 7) is 2.48. The van der Waals surface area contributed by atoms with E-state index in [1.54, 1.807) is 0 Å². The Hall–Kier alpha value is -3.87. The number of benzene rings is 3. The number of nitro benzene ring substituents is 1. The van der Waals surface area contributed by atoms with E-state index < -0.39 is 16.9 Å². The highest BCUT2D eigenvalue weighted by atomic mass is 16.6. The van der Waals surface area contributed by atoms with E-state index in [9.17, 15) is 14.9 Å². The molecule has 30 heavy (non-hydrogen) atoms. The van der Waals surface area contributed by atoms with Crippen LogP contribution in [0.25, 0.3) is 0 Å². The predicted molar refractivity (Wildman–Crippen MR) is 113 cm³/mol. The van der Waals surface area contributed by atoms with Crippen LogP contribution in [0.4, 0.5) is 5.69 Å². The van der Waals surface area contributed by atoms with Crippen LogP contribution in [0.3, 0.4) is 0 Å². The van der Waals surface area contributed by atoms with Gasteiger partial charge in [0.2, 0.25) is 0 Å². The van der Waals surface area contributed by atoms with E-state index in [4.69, 9.17) is 9.47 Å². The minimum atomic E-state index is -0.573. The average Bonchev–Trinajstić information content (AvgIpc) is 2.78. The number of hydrogen-bond acceptors (Lipinski definition) is 5. The van der Waals surface area contributed by atoms with Gasteiger partial charge in [0.1, 0.15) is 5.75 Å². The van der Waals surface area contributed by atoms with Gasteiger partial charge in [-0.15, -0.1) is 0 Å². The lowest BCUT2D eigenvalue weighted by Gasteiger charge is -2.20. The zero-order chi connectivity index (χ0) is 21.5. The second-order valence-electron chi connectivity index (χ2n) is 6.46. The van der Waals surface area contributed by atoms with Crippen LogP contribution in [-0.4, -0.2) is 24.5 Å². The summed E-state index contributed by atoms with van der Waals surface area (Å²) in [6, 6.07) is 20.7. The molecule has 154 valence electrons. The van der Waals surface area contributed by atoms with Gasteiger partial charge in [-0.3, -0.25) is 14.9 Å². The van der Waals surface area contributed by atoms with E-state index in [2.05, 4.69) is 5.32 Å². The van der Waals surface area contributed by atoms with Crippen LogP contribution < -0.4 is 14.8 Å². The van der Waals surface area contributed by atoms with Gasteiger partial charge in [-0.05, 0) is 42.3 Å². The van der Waals surface area contributed by atoms with Gasteiger partial charge < -0.3 is 14.8 Å². The Morgan fingerprint density at radius 3 is 2.30 bits per heavy atom. The highest BCUT2D eigenvalue weighted by molar-refractivity contribution is 5.95. The van der Waals surface area contributed by atoms with Crippen LogP contribution in [0, 0.1) is 10.1 Å². The summed E-state index contributed by atoms with van der Waals surface area (Å²) in [5, 5.41) is 14.3. The molecule has 0 spiro atoms. The van der Waals surface area contributed by atoms with Crippen molar-refractivity contribution in [1.82, 2.24) is 5.32 Å². The number of rotatable bonds is 8. The third-order valence-electron chi connectivity index (χ3n) is 4.57. The van der Waals surface area contributed by atoms with Crippen LogP contribution in [0.1, 0.15) is 34.5 Å². The molecule has 0 heterocycles. The summed E-state index contributed by atoms with van der Waals surface area (Å²) >= 11 is 0. The van der Waals surface area contributed by atoms with Crippen molar-refractivity contribution in [2.24, 2.45) is 0 Å². The number of methoxy groups -OCH3 is 1. The van der Waals surface area contributed by atoms with Crippen molar-refractivity contribution in [2.75, 3.05) is 13.7 Å². The third-order valence-corrected chi connectivity index (χ3v) is 4.57. The van der Waals surface area contributed by atoms with Crippen LogP contribution in [-0.2, 0) is 0 Å². The van der Waals surface area contributed by atoms with Gasteiger partial charge in [0.15, 0.2) is 5.75 Å². The largest absolute Gasteiger partial charge is 0.494 e. The molecule has 3 aromatic rings. The summed E-state index contributed by atoms with van der Waals surface area (Å²) in [6.07, 6.45) is 0. The van der Waals surface area contributed by atoms with Gasteiger partial charge in [-0.1, -0.05) is 42.5 Å². The first-order valence-corrected chi connectivity index (χ1v) is 9.44. The molecule has 1 N–H and O–H groups in total. The Kier molecular flexibility index (Phi) is 6.64. The molecule has 1 atom stereocenters. The van der Waals surface area contributed by atoms with Gasteiger partial charge in [0.25, 0.3) is 5.91 Å². The minimum absolute atomic E-state index is 0.0997. The molecule has 7 heteroatoms. The Morgan fingerprint density at radius 2 is 1.70 bits per heavy atom.